The summed E-state index contributed by atoms with van der Waals surface area (Å²) >= 11 is 0. The second-order valence-electron chi connectivity index (χ2n) is 8.71. The van der Waals surface area contributed by atoms with Gasteiger partial charge in [0.15, 0.2) is 0 Å². The topological polar surface area (TPSA) is 79.8 Å². The highest BCUT2D eigenvalue weighted by Crippen LogP contribution is 2.27. The average molecular weight is 522 g/mol. The van der Waals surface area contributed by atoms with E-state index in [4.69, 9.17) is 9.73 Å². The van der Waals surface area contributed by atoms with Crippen molar-refractivity contribution < 1.29 is 18.7 Å². The first kappa shape index (κ1) is 27.0. The van der Waals surface area contributed by atoms with Crippen molar-refractivity contribution >= 4 is 24.0 Å². The highest BCUT2D eigenvalue weighted by molar-refractivity contribution is 6.09. The van der Waals surface area contributed by atoms with Crippen LogP contribution >= 0.6 is 0 Å². The highest BCUT2D eigenvalue weighted by atomic mass is 19.1. The number of aliphatic imine (C=N–C) groups is 1. The van der Waals surface area contributed by atoms with E-state index >= 15 is 0 Å². The number of guanidine groups is 1. The van der Waals surface area contributed by atoms with Crippen LogP contribution < -0.4 is 10.6 Å². The number of carbonyl (C=O) groups is 2. The van der Waals surface area contributed by atoms with Crippen molar-refractivity contribution in [2.24, 2.45) is 4.99 Å². The van der Waals surface area contributed by atoms with Crippen LogP contribution in [0.2, 0.25) is 0 Å². The van der Waals surface area contributed by atoms with Crippen LogP contribution in [0.15, 0.2) is 126 Å². The molecular formula is C32H28FN3O3. The quantitative estimate of drug-likeness (QED) is 0.210. The minimum absolute atomic E-state index is 0.0241. The third-order valence-electron chi connectivity index (χ3n) is 5.78. The smallest absolute Gasteiger partial charge is 0.414 e. The number of ether oxygens (including phenoxy) is 1. The van der Waals surface area contributed by atoms with Crippen LogP contribution in [0.3, 0.4) is 0 Å². The lowest BCUT2D eigenvalue weighted by Gasteiger charge is -2.18. The zero-order valence-electron chi connectivity index (χ0n) is 21.4. The lowest BCUT2D eigenvalue weighted by atomic mass is 9.98. The zero-order chi connectivity index (χ0) is 27.5. The lowest BCUT2D eigenvalue weighted by Crippen LogP contribution is -2.44. The molecule has 0 aliphatic rings. The predicted molar refractivity (Wildman–Crippen MR) is 150 cm³/mol. The van der Waals surface area contributed by atoms with Gasteiger partial charge in [-0.3, -0.25) is 15.4 Å². The van der Waals surface area contributed by atoms with E-state index in [-0.39, 0.29) is 18.1 Å². The van der Waals surface area contributed by atoms with Gasteiger partial charge in [-0.25, -0.2) is 14.2 Å². The van der Waals surface area contributed by atoms with E-state index in [1.807, 2.05) is 104 Å². The molecule has 2 amide bonds. The SMILES string of the molecule is C/C(=C\c1ccccc1)C(N=C(NC(=O)OCc1ccccc1)NC(=O)c1ccccc1F)c1ccccc1. The van der Waals surface area contributed by atoms with Gasteiger partial charge in [-0.05, 0) is 41.3 Å². The molecule has 0 aliphatic heterocycles. The third-order valence-corrected chi connectivity index (χ3v) is 5.78. The van der Waals surface area contributed by atoms with Gasteiger partial charge in [-0.15, -0.1) is 0 Å². The standard InChI is InChI=1S/C32H28FN3O3/c1-23(21-24-13-5-2-6-14-24)29(26-17-9-4-10-18-26)34-31(35-30(37)27-19-11-12-20-28(27)33)36-32(38)39-22-25-15-7-3-8-16-25/h2-21,29H,22H2,1H3,(H2,34,35,36,37,38)/b23-21+. The summed E-state index contributed by atoms with van der Waals surface area (Å²) in [7, 11) is 0. The number of nitrogens with zero attached hydrogens (tertiary/aromatic N) is 1. The number of carbonyl (C=O) groups excluding carboxylic acids is 2. The minimum atomic E-state index is -0.817. The minimum Gasteiger partial charge on any atom is -0.444 e. The van der Waals surface area contributed by atoms with Crippen LogP contribution in [0, 0.1) is 5.82 Å². The van der Waals surface area contributed by atoms with Crippen molar-refractivity contribution in [2.75, 3.05) is 0 Å². The van der Waals surface area contributed by atoms with Crippen LogP contribution in [0.1, 0.15) is 40.0 Å². The molecule has 0 fully saturated rings. The molecule has 7 heteroatoms. The van der Waals surface area contributed by atoms with Crippen molar-refractivity contribution in [2.45, 2.75) is 19.6 Å². The van der Waals surface area contributed by atoms with Gasteiger partial charge < -0.3 is 4.74 Å². The number of alkyl carbamates (subject to hydrolysis) is 1. The van der Waals surface area contributed by atoms with Crippen molar-refractivity contribution in [1.29, 1.82) is 0 Å². The Morgan fingerprint density at radius 1 is 0.821 bits per heavy atom. The summed E-state index contributed by atoms with van der Waals surface area (Å²) in [6.07, 6.45) is 1.16. The summed E-state index contributed by atoms with van der Waals surface area (Å²) in [4.78, 5) is 30.4. The number of hydrogen-bond acceptors (Lipinski definition) is 4. The number of benzene rings is 4. The lowest BCUT2D eigenvalue weighted by molar-refractivity contribution is 0.0971. The van der Waals surface area contributed by atoms with Crippen LogP contribution in [-0.2, 0) is 11.3 Å². The Bertz CT molecular complexity index is 1460. The molecule has 196 valence electrons. The summed E-state index contributed by atoms with van der Waals surface area (Å²) < 4.78 is 19.7. The van der Waals surface area contributed by atoms with Crippen LogP contribution in [0.25, 0.3) is 6.08 Å². The van der Waals surface area contributed by atoms with Crippen molar-refractivity contribution in [1.82, 2.24) is 10.6 Å². The van der Waals surface area contributed by atoms with Crippen molar-refractivity contribution in [3.8, 4) is 0 Å². The fourth-order valence-electron chi connectivity index (χ4n) is 3.87. The molecule has 1 unspecified atom stereocenters. The summed E-state index contributed by atoms with van der Waals surface area (Å²) in [5, 5.41) is 5.09. The molecule has 0 saturated heterocycles. The van der Waals surface area contributed by atoms with E-state index in [9.17, 15) is 14.0 Å². The Morgan fingerprint density at radius 3 is 2.08 bits per heavy atom. The molecule has 0 spiro atoms. The molecule has 0 radical (unpaired) electrons. The first-order chi connectivity index (χ1) is 19.0. The van der Waals surface area contributed by atoms with Gasteiger partial charge in [0.25, 0.3) is 5.91 Å². The maximum atomic E-state index is 14.3. The van der Waals surface area contributed by atoms with E-state index in [1.165, 1.54) is 18.2 Å². The van der Waals surface area contributed by atoms with Crippen LogP contribution in [-0.4, -0.2) is 18.0 Å². The maximum absolute atomic E-state index is 14.3. The summed E-state index contributed by atoms with van der Waals surface area (Å²) in [5.41, 5.74) is 3.27. The van der Waals surface area contributed by atoms with Gasteiger partial charge in [0.05, 0.1) is 11.6 Å². The van der Waals surface area contributed by atoms with E-state index in [0.29, 0.717) is 0 Å². The number of amides is 2. The monoisotopic (exact) mass is 521 g/mol. The Kier molecular flexibility index (Phi) is 9.34. The van der Waals surface area contributed by atoms with Gasteiger partial charge in [0.2, 0.25) is 5.96 Å². The molecule has 0 heterocycles. The summed E-state index contributed by atoms with van der Waals surface area (Å²) in [5.74, 6) is -1.62. The first-order valence-electron chi connectivity index (χ1n) is 12.4. The summed E-state index contributed by atoms with van der Waals surface area (Å²) in [6, 6.07) is 33.4. The molecule has 0 aliphatic carbocycles. The van der Waals surface area contributed by atoms with Crippen LogP contribution in [0.4, 0.5) is 9.18 Å². The second-order valence-corrected chi connectivity index (χ2v) is 8.71. The number of nitrogens with one attached hydrogen (secondary N) is 2. The second kappa shape index (κ2) is 13.5. The highest BCUT2D eigenvalue weighted by Gasteiger charge is 2.19. The number of rotatable bonds is 7. The number of halogens is 1. The zero-order valence-corrected chi connectivity index (χ0v) is 21.4. The average Bonchev–Trinajstić information content (AvgIpc) is 2.96. The maximum Gasteiger partial charge on any atom is 0.414 e. The Labute approximate surface area is 226 Å². The van der Waals surface area contributed by atoms with E-state index in [2.05, 4.69) is 10.6 Å². The van der Waals surface area contributed by atoms with E-state index in [0.717, 1.165) is 22.3 Å². The number of hydrogen-bond donors (Lipinski definition) is 2. The Morgan fingerprint density at radius 2 is 1.41 bits per heavy atom. The van der Waals surface area contributed by atoms with Crippen LogP contribution in [0.5, 0.6) is 0 Å². The molecule has 0 bridgehead atoms. The largest absolute Gasteiger partial charge is 0.444 e. The first-order valence-corrected chi connectivity index (χ1v) is 12.4. The Balaban J connectivity index is 1.66. The fourth-order valence-corrected chi connectivity index (χ4v) is 3.87. The van der Waals surface area contributed by atoms with Gasteiger partial charge in [-0.2, -0.15) is 0 Å². The van der Waals surface area contributed by atoms with Gasteiger partial charge in [0.1, 0.15) is 12.4 Å². The molecule has 6 nitrogen and oxygen atoms in total. The fraction of sp³-hybridized carbons (Fsp3) is 0.0938. The third kappa shape index (κ3) is 7.97. The predicted octanol–water partition coefficient (Wildman–Crippen LogP) is 6.68. The molecule has 2 N–H and O–H groups in total. The van der Waals surface area contributed by atoms with Crippen molar-refractivity contribution in [3.05, 3.63) is 149 Å². The molecule has 4 rings (SSSR count). The molecule has 0 saturated carbocycles. The molecular weight excluding hydrogens is 493 g/mol. The van der Waals surface area contributed by atoms with E-state index < -0.39 is 23.9 Å². The molecule has 1 atom stereocenters. The molecule has 4 aromatic carbocycles. The summed E-state index contributed by atoms with van der Waals surface area (Å²) in [6.45, 7) is 1.94. The Hall–Kier alpha value is -5.04. The van der Waals surface area contributed by atoms with E-state index in [1.54, 1.807) is 6.07 Å². The normalized spacial score (nSPS) is 12.4. The molecule has 39 heavy (non-hydrogen) atoms. The van der Waals surface area contributed by atoms with Gasteiger partial charge in [0, 0.05) is 0 Å². The van der Waals surface area contributed by atoms with Gasteiger partial charge in [-0.1, -0.05) is 109 Å². The molecule has 0 aromatic heterocycles. The molecule has 4 aromatic rings. The van der Waals surface area contributed by atoms with Gasteiger partial charge >= 0.3 is 6.09 Å². The van der Waals surface area contributed by atoms with Crippen molar-refractivity contribution in [3.63, 3.8) is 0 Å².